The number of rotatable bonds is 3. The molecule has 4 rings (SSSR count). The van der Waals surface area contributed by atoms with E-state index in [1.807, 2.05) is 24.3 Å². The van der Waals surface area contributed by atoms with E-state index in [0.717, 1.165) is 22.8 Å². The maximum atomic E-state index is 4.89. The lowest BCUT2D eigenvalue weighted by Crippen LogP contribution is -2.15. The van der Waals surface area contributed by atoms with Gasteiger partial charge in [-0.1, -0.05) is 79.9 Å². The van der Waals surface area contributed by atoms with Gasteiger partial charge in [0, 0.05) is 11.1 Å². The van der Waals surface area contributed by atoms with E-state index in [0.29, 0.717) is 6.04 Å². The second-order valence-electron chi connectivity index (χ2n) is 6.23. The van der Waals surface area contributed by atoms with Crippen molar-refractivity contribution in [2.45, 2.75) is 38.1 Å². The molecular weight excluding hydrogens is 282 g/mol. The fourth-order valence-electron chi connectivity index (χ4n) is 3.40. The maximum absolute atomic E-state index is 4.89. The highest BCUT2D eigenvalue weighted by molar-refractivity contribution is 5.61. The fourth-order valence-corrected chi connectivity index (χ4v) is 3.40. The first-order valence-corrected chi connectivity index (χ1v) is 8.49. The quantitative estimate of drug-likeness (QED) is 0.672. The van der Waals surface area contributed by atoms with Crippen LogP contribution in [0.4, 0.5) is 0 Å². The number of hydrogen-bond acceptors (Lipinski definition) is 2. The van der Waals surface area contributed by atoms with Crippen LogP contribution in [-0.2, 0) is 0 Å². The largest absolute Gasteiger partial charge is 0.242 e. The molecule has 2 aromatic carbocycles. The van der Waals surface area contributed by atoms with Crippen LogP contribution in [0.5, 0.6) is 0 Å². The average Bonchev–Trinajstić information content (AvgIpc) is 3.09. The van der Waals surface area contributed by atoms with Crippen LogP contribution in [0.3, 0.4) is 0 Å². The summed E-state index contributed by atoms with van der Waals surface area (Å²) in [6, 6.07) is 21.2. The van der Waals surface area contributed by atoms with E-state index in [1.54, 1.807) is 0 Å². The van der Waals surface area contributed by atoms with Crippen LogP contribution in [0, 0.1) is 0 Å². The Hall–Kier alpha value is -2.42. The van der Waals surface area contributed by atoms with Crippen molar-refractivity contribution in [3.63, 3.8) is 0 Å². The van der Waals surface area contributed by atoms with Crippen LogP contribution < -0.4 is 0 Å². The van der Waals surface area contributed by atoms with Gasteiger partial charge >= 0.3 is 0 Å². The Morgan fingerprint density at radius 1 is 0.739 bits per heavy atom. The Labute approximate surface area is 137 Å². The Bertz CT molecular complexity index is 756. The molecule has 3 nitrogen and oxygen atoms in total. The van der Waals surface area contributed by atoms with E-state index in [2.05, 4.69) is 41.1 Å². The summed E-state index contributed by atoms with van der Waals surface area (Å²) >= 11 is 0. The van der Waals surface area contributed by atoms with E-state index in [1.165, 1.54) is 32.1 Å². The molecule has 0 saturated heterocycles. The van der Waals surface area contributed by atoms with Gasteiger partial charge in [0.1, 0.15) is 0 Å². The standard InChI is InChI=1S/C20H21N3/c1-4-10-16(11-5-1)19-21-20(17-12-6-2-7-13-17)23(22-19)18-14-8-3-9-15-18/h1-2,4-7,10-13,18H,3,8-9,14-15H2. The van der Waals surface area contributed by atoms with Crippen molar-refractivity contribution in [2.24, 2.45) is 0 Å². The van der Waals surface area contributed by atoms with E-state index >= 15 is 0 Å². The molecule has 0 radical (unpaired) electrons. The van der Waals surface area contributed by atoms with Crippen molar-refractivity contribution in [3.8, 4) is 22.8 Å². The van der Waals surface area contributed by atoms with Gasteiger partial charge in [0.15, 0.2) is 11.6 Å². The molecule has 1 heterocycles. The topological polar surface area (TPSA) is 30.7 Å². The molecule has 23 heavy (non-hydrogen) atoms. The second kappa shape index (κ2) is 6.37. The van der Waals surface area contributed by atoms with Crippen molar-refractivity contribution in [3.05, 3.63) is 60.7 Å². The SMILES string of the molecule is c1ccc(-c2nc(-c3ccccc3)n(C3CCCCC3)n2)cc1. The Kier molecular flexibility index (Phi) is 3.93. The number of benzene rings is 2. The van der Waals surface area contributed by atoms with Crippen molar-refractivity contribution in [1.29, 1.82) is 0 Å². The molecule has 0 unspecified atom stereocenters. The van der Waals surface area contributed by atoms with Crippen molar-refractivity contribution >= 4 is 0 Å². The van der Waals surface area contributed by atoms with Crippen molar-refractivity contribution in [2.75, 3.05) is 0 Å². The number of hydrogen-bond donors (Lipinski definition) is 0. The minimum absolute atomic E-state index is 0.476. The molecule has 1 aromatic heterocycles. The molecule has 3 heteroatoms. The van der Waals surface area contributed by atoms with Crippen LogP contribution in [0.2, 0.25) is 0 Å². The summed E-state index contributed by atoms with van der Waals surface area (Å²) in [7, 11) is 0. The first kappa shape index (κ1) is 14.2. The smallest absolute Gasteiger partial charge is 0.181 e. The summed E-state index contributed by atoms with van der Waals surface area (Å²) in [5.41, 5.74) is 2.23. The van der Waals surface area contributed by atoms with Gasteiger partial charge in [-0.05, 0) is 12.8 Å². The van der Waals surface area contributed by atoms with Crippen molar-refractivity contribution in [1.82, 2.24) is 14.8 Å². The van der Waals surface area contributed by atoms with E-state index in [4.69, 9.17) is 10.1 Å². The molecule has 0 amide bonds. The highest BCUT2D eigenvalue weighted by atomic mass is 15.4. The highest BCUT2D eigenvalue weighted by Gasteiger charge is 2.22. The molecule has 1 aliphatic carbocycles. The van der Waals surface area contributed by atoms with E-state index in [9.17, 15) is 0 Å². The number of aromatic nitrogens is 3. The molecule has 0 atom stereocenters. The minimum Gasteiger partial charge on any atom is -0.242 e. The van der Waals surface area contributed by atoms with Gasteiger partial charge in [0.2, 0.25) is 0 Å². The lowest BCUT2D eigenvalue weighted by atomic mass is 9.95. The summed E-state index contributed by atoms with van der Waals surface area (Å²) in [6.07, 6.45) is 6.34. The van der Waals surface area contributed by atoms with Gasteiger partial charge in [0.05, 0.1) is 6.04 Å². The van der Waals surface area contributed by atoms with Crippen LogP contribution in [-0.4, -0.2) is 14.8 Å². The third-order valence-electron chi connectivity index (χ3n) is 4.62. The Morgan fingerprint density at radius 2 is 1.35 bits per heavy atom. The number of nitrogens with zero attached hydrogens (tertiary/aromatic N) is 3. The van der Waals surface area contributed by atoms with Gasteiger partial charge in [-0.2, -0.15) is 5.10 Å². The van der Waals surface area contributed by atoms with Gasteiger partial charge in [-0.25, -0.2) is 9.67 Å². The molecule has 1 saturated carbocycles. The molecule has 0 aliphatic heterocycles. The zero-order valence-corrected chi connectivity index (χ0v) is 13.2. The predicted octanol–water partition coefficient (Wildman–Crippen LogP) is 5.12. The molecule has 116 valence electrons. The molecule has 0 spiro atoms. The van der Waals surface area contributed by atoms with E-state index < -0.39 is 0 Å². The highest BCUT2D eigenvalue weighted by Crippen LogP contribution is 2.32. The van der Waals surface area contributed by atoms with Crippen molar-refractivity contribution < 1.29 is 0 Å². The third kappa shape index (κ3) is 2.91. The Balaban J connectivity index is 1.80. The Morgan fingerprint density at radius 3 is 2.00 bits per heavy atom. The van der Waals surface area contributed by atoms with Gasteiger partial charge in [0.25, 0.3) is 0 Å². The van der Waals surface area contributed by atoms with Crippen LogP contribution >= 0.6 is 0 Å². The zero-order chi connectivity index (χ0) is 15.5. The summed E-state index contributed by atoms with van der Waals surface area (Å²) in [4.78, 5) is 4.88. The van der Waals surface area contributed by atoms with Crippen LogP contribution in [0.25, 0.3) is 22.8 Å². The van der Waals surface area contributed by atoms with Gasteiger partial charge in [-0.15, -0.1) is 0 Å². The summed E-state index contributed by atoms with van der Waals surface area (Å²) < 4.78 is 2.18. The molecule has 0 bridgehead atoms. The lowest BCUT2D eigenvalue weighted by Gasteiger charge is -2.23. The molecular formula is C20H21N3. The third-order valence-corrected chi connectivity index (χ3v) is 4.62. The molecule has 0 N–H and O–H groups in total. The molecule has 1 fully saturated rings. The first-order valence-electron chi connectivity index (χ1n) is 8.49. The molecule has 3 aromatic rings. The summed E-state index contributed by atoms with van der Waals surface area (Å²) in [6.45, 7) is 0. The second-order valence-corrected chi connectivity index (χ2v) is 6.23. The van der Waals surface area contributed by atoms with Crippen LogP contribution in [0.1, 0.15) is 38.1 Å². The fraction of sp³-hybridized carbons (Fsp3) is 0.300. The monoisotopic (exact) mass is 303 g/mol. The summed E-state index contributed by atoms with van der Waals surface area (Å²) in [5, 5.41) is 4.89. The summed E-state index contributed by atoms with van der Waals surface area (Å²) in [5.74, 6) is 1.83. The van der Waals surface area contributed by atoms with Crippen LogP contribution in [0.15, 0.2) is 60.7 Å². The lowest BCUT2D eigenvalue weighted by molar-refractivity contribution is 0.332. The van der Waals surface area contributed by atoms with Gasteiger partial charge in [-0.3, -0.25) is 0 Å². The van der Waals surface area contributed by atoms with E-state index in [-0.39, 0.29) is 0 Å². The normalized spacial score (nSPS) is 15.7. The van der Waals surface area contributed by atoms with Gasteiger partial charge < -0.3 is 0 Å². The average molecular weight is 303 g/mol. The minimum atomic E-state index is 0.476. The molecule has 1 aliphatic rings. The predicted molar refractivity (Wildman–Crippen MR) is 93.0 cm³/mol. The first-order chi connectivity index (χ1) is 11.4. The zero-order valence-electron chi connectivity index (χ0n) is 13.2. The maximum Gasteiger partial charge on any atom is 0.181 e.